The molecular weight excluding hydrogens is 286 g/mol. The van der Waals surface area contributed by atoms with E-state index in [2.05, 4.69) is 15.9 Å². The minimum Gasteiger partial charge on any atom is -0.480 e. The zero-order valence-electron chi connectivity index (χ0n) is 9.11. The third-order valence-electron chi connectivity index (χ3n) is 2.57. The number of pyridine rings is 1. The number of halogens is 1. The van der Waals surface area contributed by atoms with Crippen LogP contribution in [0.3, 0.4) is 0 Å². The van der Waals surface area contributed by atoms with E-state index < -0.39 is 5.97 Å². The van der Waals surface area contributed by atoms with Crippen LogP contribution in [0.25, 0.3) is 10.9 Å². The number of carbonyl (C=O) groups is 1. The normalized spacial score (nSPS) is 10.7. The van der Waals surface area contributed by atoms with Crippen LogP contribution in [0.2, 0.25) is 0 Å². The van der Waals surface area contributed by atoms with Crippen LogP contribution in [0.1, 0.15) is 5.69 Å². The molecule has 0 fully saturated rings. The van der Waals surface area contributed by atoms with Crippen molar-refractivity contribution in [1.29, 1.82) is 0 Å². The van der Waals surface area contributed by atoms with Gasteiger partial charge in [0.1, 0.15) is 6.54 Å². The molecule has 2 rings (SSSR count). The summed E-state index contributed by atoms with van der Waals surface area (Å²) in [6.07, 6.45) is 0. The Balaban J connectivity index is 2.83. The van der Waals surface area contributed by atoms with Gasteiger partial charge in [0.15, 0.2) is 5.43 Å². The van der Waals surface area contributed by atoms with E-state index in [1.54, 1.807) is 29.7 Å². The summed E-state index contributed by atoms with van der Waals surface area (Å²) in [5.41, 5.74) is 1.19. The molecule has 0 atom stereocenters. The highest BCUT2D eigenvalue weighted by atomic mass is 79.9. The van der Waals surface area contributed by atoms with Crippen LogP contribution in [0, 0.1) is 6.92 Å². The SMILES string of the molecule is Cc1cc(=O)c2cc(Br)ccc2n1CC(=O)O. The van der Waals surface area contributed by atoms with E-state index in [0.717, 1.165) is 4.47 Å². The molecule has 1 heterocycles. The topological polar surface area (TPSA) is 59.3 Å². The van der Waals surface area contributed by atoms with Crippen LogP contribution in [0.4, 0.5) is 0 Å². The Morgan fingerprint density at radius 1 is 1.41 bits per heavy atom. The molecule has 0 amide bonds. The van der Waals surface area contributed by atoms with Crippen molar-refractivity contribution in [2.75, 3.05) is 0 Å². The quantitative estimate of drug-likeness (QED) is 0.924. The van der Waals surface area contributed by atoms with Crippen LogP contribution >= 0.6 is 15.9 Å². The first-order valence-corrected chi connectivity index (χ1v) is 5.80. The van der Waals surface area contributed by atoms with Crippen molar-refractivity contribution in [3.8, 4) is 0 Å². The van der Waals surface area contributed by atoms with Gasteiger partial charge in [0, 0.05) is 21.6 Å². The smallest absolute Gasteiger partial charge is 0.323 e. The van der Waals surface area contributed by atoms with E-state index >= 15 is 0 Å². The molecule has 0 radical (unpaired) electrons. The van der Waals surface area contributed by atoms with Gasteiger partial charge in [-0.25, -0.2) is 0 Å². The van der Waals surface area contributed by atoms with Gasteiger partial charge in [0.25, 0.3) is 0 Å². The average Bonchev–Trinajstić information content (AvgIpc) is 2.24. The molecule has 0 aliphatic carbocycles. The highest BCUT2D eigenvalue weighted by Crippen LogP contribution is 2.18. The van der Waals surface area contributed by atoms with Gasteiger partial charge in [-0.15, -0.1) is 0 Å². The number of aromatic nitrogens is 1. The summed E-state index contributed by atoms with van der Waals surface area (Å²) in [5, 5.41) is 9.39. The molecule has 4 nitrogen and oxygen atoms in total. The van der Waals surface area contributed by atoms with E-state index in [9.17, 15) is 9.59 Å². The Labute approximate surface area is 106 Å². The van der Waals surface area contributed by atoms with Crippen molar-refractivity contribution in [2.45, 2.75) is 13.5 Å². The molecule has 0 unspecified atom stereocenters. The van der Waals surface area contributed by atoms with Crippen LogP contribution in [0.15, 0.2) is 33.5 Å². The van der Waals surface area contributed by atoms with Crippen molar-refractivity contribution in [3.63, 3.8) is 0 Å². The van der Waals surface area contributed by atoms with Gasteiger partial charge in [0.2, 0.25) is 0 Å². The first kappa shape index (κ1) is 11.9. The lowest BCUT2D eigenvalue weighted by molar-refractivity contribution is -0.137. The summed E-state index contributed by atoms with van der Waals surface area (Å²) in [5.74, 6) is -0.930. The van der Waals surface area contributed by atoms with Crippen molar-refractivity contribution >= 4 is 32.8 Å². The summed E-state index contributed by atoms with van der Waals surface area (Å²) < 4.78 is 2.42. The van der Waals surface area contributed by atoms with Crippen molar-refractivity contribution < 1.29 is 9.90 Å². The Morgan fingerprint density at radius 3 is 2.76 bits per heavy atom. The molecule has 0 aliphatic rings. The molecule has 1 aromatic carbocycles. The second-order valence-electron chi connectivity index (χ2n) is 3.79. The average molecular weight is 296 g/mol. The number of benzene rings is 1. The van der Waals surface area contributed by atoms with Crippen LogP contribution in [0.5, 0.6) is 0 Å². The molecular formula is C12H10BrNO3. The molecule has 0 aliphatic heterocycles. The number of fused-ring (bicyclic) bond motifs is 1. The molecule has 0 saturated heterocycles. The third-order valence-corrected chi connectivity index (χ3v) is 3.07. The molecule has 0 bridgehead atoms. The lowest BCUT2D eigenvalue weighted by Crippen LogP contribution is -2.16. The van der Waals surface area contributed by atoms with Crippen LogP contribution in [-0.4, -0.2) is 15.6 Å². The minimum atomic E-state index is -0.930. The Bertz CT molecular complexity index is 661. The van der Waals surface area contributed by atoms with Gasteiger partial charge >= 0.3 is 5.97 Å². The fourth-order valence-corrected chi connectivity index (χ4v) is 2.18. The molecule has 1 N–H and O–H groups in total. The van der Waals surface area contributed by atoms with Gasteiger partial charge in [-0.2, -0.15) is 0 Å². The summed E-state index contributed by atoms with van der Waals surface area (Å²) in [6.45, 7) is 1.58. The maximum Gasteiger partial charge on any atom is 0.323 e. The largest absolute Gasteiger partial charge is 0.480 e. The maximum absolute atomic E-state index is 11.8. The second kappa shape index (κ2) is 4.33. The van der Waals surface area contributed by atoms with Crippen molar-refractivity contribution in [2.24, 2.45) is 0 Å². The van der Waals surface area contributed by atoms with E-state index in [-0.39, 0.29) is 12.0 Å². The van der Waals surface area contributed by atoms with Gasteiger partial charge in [0.05, 0.1) is 5.52 Å². The highest BCUT2D eigenvalue weighted by Gasteiger charge is 2.09. The fourth-order valence-electron chi connectivity index (χ4n) is 1.82. The number of carboxylic acid groups (broad SMARTS) is 1. The number of carboxylic acids is 1. The number of hydrogen-bond donors (Lipinski definition) is 1. The number of aryl methyl sites for hydroxylation is 1. The fraction of sp³-hybridized carbons (Fsp3) is 0.167. The van der Waals surface area contributed by atoms with Crippen LogP contribution < -0.4 is 5.43 Å². The zero-order chi connectivity index (χ0) is 12.6. The molecule has 5 heteroatoms. The summed E-state index contributed by atoms with van der Waals surface area (Å²) in [6, 6.07) is 6.70. The summed E-state index contributed by atoms with van der Waals surface area (Å²) in [7, 11) is 0. The van der Waals surface area contributed by atoms with Crippen molar-refractivity contribution in [1.82, 2.24) is 4.57 Å². The Hall–Kier alpha value is -1.62. The highest BCUT2D eigenvalue weighted by molar-refractivity contribution is 9.10. The molecule has 2 aromatic rings. The van der Waals surface area contributed by atoms with Crippen LogP contribution in [-0.2, 0) is 11.3 Å². The number of nitrogens with zero attached hydrogens (tertiary/aromatic N) is 1. The first-order valence-electron chi connectivity index (χ1n) is 5.00. The maximum atomic E-state index is 11.8. The lowest BCUT2D eigenvalue weighted by atomic mass is 10.2. The van der Waals surface area contributed by atoms with E-state index in [0.29, 0.717) is 16.6 Å². The third kappa shape index (κ3) is 2.24. The molecule has 17 heavy (non-hydrogen) atoms. The van der Waals surface area contributed by atoms with E-state index in [1.165, 1.54) is 6.07 Å². The predicted molar refractivity (Wildman–Crippen MR) is 68.3 cm³/mol. The van der Waals surface area contributed by atoms with Gasteiger partial charge in [-0.05, 0) is 25.1 Å². The molecule has 88 valence electrons. The zero-order valence-corrected chi connectivity index (χ0v) is 10.7. The number of hydrogen-bond acceptors (Lipinski definition) is 2. The van der Waals surface area contributed by atoms with E-state index in [4.69, 9.17) is 5.11 Å². The summed E-state index contributed by atoms with van der Waals surface area (Å²) in [4.78, 5) is 22.6. The summed E-state index contributed by atoms with van der Waals surface area (Å²) >= 11 is 3.30. The number of rotatable bonds is 2. The van der Waals surface area contributed by atoms with Gasteiger partial charge < -0.3 is 9.67 Å². The lowest BCUT2D eigenvalue weighted by Gasteiger charge is -2.12. The Morgan fingerprint density at radius 2 is 2.12 bits per heavy atom. The molecule has 1 aromatic heterocycles. The van der Waals surface area contributed by atoms with Gasteiger partial charge in [-0.1, -0.05) is 15.9 Å². The monoisotopic (exact) mass is 295 g/mol. The Kier molecular flexibility index (Phi) is 3.02. The predicted octanol–water partition coefficient (Wildman–Crippen LogP) is 2.16. The van der Waals surface area contributed by atoms with Crippen molar-refractivity contribution in [3.05, 3.63) is 44.7 Å². The van der Waals surface area contributed by atoms with Gasteiger partial charge in [-0.3, -0.25) is 9.59 Å². The molecule has 0 spiro atoms. The number of aliphatic carboxylic acids is 1. The standard InChI is InChI=1S/C12H10BrNO3/c1-7-4-11(15)9-5-8(13)2-3-10(9)14(7)6-12(16)17/h2-5H,6H2,1H3,(H,16,17). The molecule has 0 saturated carbocycles. The first-order chi connectivity index (χ1) is 7.99. The van der Waals surface area contributed by atoms with E-state index in [1.807, 2.05) is 0 Å². The minimum absolute atomic E-state index is 0.0968. The second-order valence-corrected chi connectivity index (χ2v) is 4.71.